The first kappa shape index (κ1) is 15.5. The average molecular weight is 330 g/mol. The predicted octanol–water partition coefficient (Wildman–Crippen LogP) is 2.17. The molecule has 0 radical (unpaired) electrons. The molecule has 1 spiro atoms. The van der Waals surface area contributed by atoms with E-state index in [9.17, 15) is 4.79 Å². The first-order valence-electron chi connectivity index (χ1n) is 8.33. The smallest absolute Gasteiger partial charge is 0.270 e. The van der Waals surface area contributed by atoms with Crippen LogP contribution in [0, 0.1) is 0 Å². The summed E-state index contributed by atoms with van der Waals surface area (Å²) in [5, 5.41) is 1.01. The summed E-state index contributed by atoms with van der Waals surface area (Å²) in [4.78, 5) is 14.9. The van der Waals surface area contributed by atoms with Crippen molar-refractivity contribution in [2.45, 2.75) is 18.6 Å². The van der Waals surface area contributed by atoms with Crippen molar-refractivity contribution in [2.24, 2.45) is 7.05 Å². The van der Waals surface area contributed by atoms with Crippen LogP contribution in [0.4, 0.5) is 0 Å². The maximum Gasteiger partial charge on any atom is 0.270 e. The first-order chi connectivity index (χ1) is 11.6. The van der Waals surface area contributed by atoms with E-state index in [0.29, 0.717) is 32.0 Å². The van der Waals surface area contributed by atoms with Gasteiger partial charge in [-0.25, -0.2) is 0 Å². The molecular formula is C18H22N2O4. The van der Waals surface area contributed by atoms with Crippen LogP contribution in [0.25, 0.3) is 10.9 Å². The van der Waals surface area contributed by atoms with Crippen molar-refractivity contribution in [3.63, 3.8) is 0 Å². The number of para-hydroxylation sites is 1. The summed E-state index contributed by atoms with van der Waals surface area (Å²) in [6.07, 6.45) is 1.46. The molecule has 0 atom stereocenters. The molecule has 0 bridgehead atoms. The molecule has 1 amide bonds. The molecule has 2 saturated heterocycles. The summed E-state index contributed by atoms with van der Waals surface area (Å²) in [5.41, 5.74) is 1.62. The summed E-state index contributed by atoms with van der Waals surface area (Å²) < 4.78 is 18.8. The summed E-state index contributed by atoms with van der Waals surface area (Å²) in [6, 6.07) is 7.79. The number of hydrogen-bond donors (Lipinski definition) is 0. The molecule has 0 aliphatic carbocycles. The zero-order valence-electron chi connectivity index (χ0n) is 14.1. The van der Waals surface area contributed by atoms with E-state index in [1.807, 2.05) is 40.8 Å². The monoisotopic (exact) mass is 330 g/mol. The van der Waals surface area contributed by atoms with Crippen LogP contribution >= 0.6 is 0 Å². The van der Waals surface area contributed by atoms with E-state index in [4.69, 9.17) is 14.2 Å². The van der Waals surface area contributed by atoms with E-state index in [2.05, 4.69) is 0 Å². The Morgan fingerprint density at radius 1 is 1.21 bits per heavy atom. The number of aryl methyl sites for hydroxylation is 1. The van der Waals surface area contributed by atoms with Crippen LogP contribution in [0.15, 0.2) is 24.3 Å². The Balaban J connectivity index is 1.59. The highest BCUT2D eigenvalue weighted by atomic mass is 16.7. The molecule has 2 fully saturated rings. The third-order valence-corrected chi connectivity index (χ3v) is 5.08. The molecular weight excluding hydrogens is 308 g/mol. The fourth-order valence-corrected chi connectivity index (χ4v) is 3.75. The lowest BCUT2D eigenvalue weighted by atomic mass is 10.0. The van der Waals surface area contributed by atoms with Gasteiger partial charge in [0, 0.05) is 38.4 Å². The van der Waals surface area contributed by atoms with Crippen molar-refractivity contribution in [3.8, 4) is 5.75 Å². The van der Waals surface area contributed by atoms with Gasteiger partial charge in [-0.1, -0.05) is 12.1 Å². The van der Waals surface area contributed by atoms with Crippen LogP contribution < -0.4 is 4.74 Å². The van der Waals surface area contributed by atoms with Crippen molar-refractivity contribution >= 4 is 16.8 Å². The normalized spacial score (nSPS) is 20.0. The molecule has 1 aromatic carbocycles. The molecule has 24 heavy (non-hydrogen) atoms. The zero-order valence-corrected chi connectivity index (χ0v) is 14.1. The van der Waals surface area contributed by atoms with E-state index in [-0.39, 0.29) is 5.91 Å². The minimum Gasteiger partial charge on any atom is -0.495 e. The van der Waals surface area contributed by atoms with Gasteiger partial charge in [0.25, 0.3) is 5.91 Å². The minimum atomic E-state index is -0.459. The second-order valence-electron chi connectivity index (χ2n) is 6.39. The number of piperidine rings is 1. The molecule has 0 N–H and O–H groups in total. The van der Waals surface area contributed by atoms with Crippen LogP contribution in [0.2, 0.25) is 0 Å². The highest BCUT2D eigenvalue weighted by molar-refractivity contribution is 6.00. The first-order valence-corrected chi connectivity index (χ1v) is 8.33. The Hall–Kier alpha value is -2.05. The van der Waals surface area contributed by atoms with Gasteiger partial charge < -0.3 is 23.7 Å². The van der Waals surface area contributed by atoms with Gasteiger partial charge in [-0.05, 0) is 12.1 Å². The van der Waals surface area contributed by atoms with Crippen molar-refractivity contribution in [1.82, 2.24) is 9.47 Å². The number of amides is 1. The van der Waals surface area contributed by atoms with E-state index in [1.54, 1.807) is 7.11 Å². The molecule has 4 rings (SSSR count). The fraction of sp³-hybridized carbons (Fsp3) is 0.500. The van der Waals surface area contributed by atoms with Gasteiger partial charge in [-0.15, -0.1) is 0 Å². The zero-order chi connectivity index (χ0) is 16.7. The maximum atomic E-state index is 13.0. The van der Waals surface area contributed by atoms with Crippen LogP contribution in [-0.2, 0) is 16.5 Å². The third-order valence-electron chi connectivity index (χ3n) is 5.08. The van der Waals surface area contributed by atoms with E-state index in [0.717, 1.165) is 29.5 Å². The highest BCUT2D eigenvalue weighted by Gasteiger charge is 2.41. The van der Waals surface area contributed by atoms with Gasteiger partial charge in [-0.3, -0.25) is 4.79 Å². The molecule has 2 aliphatic rings. The summed E-state index contributed by atoms with van der Waals surface area (Å²) in [6.45, 7) is 2.60. The molecule has 2 aromatic rings. The van der Waals surface area contributed by atoms with Crippen molar-refractivity contribution < 1.29 is 19.0 Å². The summed E-state index contributed by atoms with van der Waals surface area (Å²) in [7, 11) is 3.56. The lowest BCUT2D eigenvalue weighted by Gasteiger charge is -2.37. The van der Waals surface area contributed by atoms with Crippen LogP contribution in [0.3, 0.4) is 0 Å². The van der Waals surface area contributed by atoms with Gasteiger partial charge in [0.2, 0.25) is 0 Å². The van der Waals surface area contributed by atoms with Crippen molar-refractivity contribution in [2.75, 3.05) is 33.4 Å². The summed E-state index contributed by atoms with van der Waals surface area (Å²) in [5.74, 6) is 0.363. The molecule has 6 nitrogen and oxygen atoms in total. The van der Waals surface area contributed by atoms with Crippen molar-refractivity contribution in [3.05, 3.63) is 30.0 Å². The van der Waals surface area contributed by atoms with E-state index >= 15 is 0 Å². The Labute approximate surface area is 140 Å². The highest BCUT2D eigenvalue weighted by Crippen LogP contribution is 2.33. The number of hydrogen-bond acceptors (Lipinski definition) is 4. The molecule has 0 saturated carbocycles. The lowest BCUT2D eigenvalue weighted by molar-refractivity contribution is -0.181. The average Bonchev–Trinajstić information content (AvgIpc) is 3.20. The Kier molecular flexibility index (Phi) is 3.73. The second kappa shape index (κ2) is 5.79. The van der Waals surface area contributed by atoms with Crippen LogP contribution in [0.1, 0.15) is 23.3 Å². The topological polar surface area (TPSA) is 52.9 Å². The number of rotatable bonds is 2. The SMILES string of the molecule is COc1cccc2cc(C(=O)N3CCC4(CC3)OCCO4)n(C)c12. The molecule has 128 valence electrons. The number of fused-ring (bicyclic) bond motifs is 1. The Morgan fingerprint density at radius 3 is 2.58 bits per heavy atom. The second-order valence-corrected chi connectivity index (χ2v) is 6.39. The number of likely N-dealkylation sites (tertiary alicyclic amines) is 1. The maximum absolute atomic E-state index is 13.0. The fourth-order valence-electron chi connectivity index (χ4n) is 3.75. The number of carbonyl (C=O) groups excluding carboxylic acids is 1. The molecule has 1 aromatic heterocycles. The summed E-state index contributed by atoms with van der Waals surface area (Å²) >= 11 is 0. The number of ether oxygens (including phenoxy) is 3. The molecule has 3 heterocycles. The minimum absolute atomic E-state index is 0.0450. The standard InChI is InChI=1S/C18H22N2O4/c1-19-14(12-13-4-3-5-15(22-2)16(13)19)17(21)20-8-6-18(7-9-20)23-10-11-24-18/h3-5,12H,6-11H2,1-2H3. The van der Waals surface area contributed by atoms with Gasteiger partial charge in [0.1, 0.15) is 11.4 Å². The third kappa shape index (κ3) is 2.37. The molecule has 2 aliphatic heterocycles. The molecule has 0 unspecified atom stereocenters. The van der Waals surface area contributed by atoms with Gasteiger partial charge in [-0.2, -0.15) is 0 Å². The van der Waals surface area contributed by atoms with Crippen molar-refractivity contribution in [1.29, 1.82) is 0 Å². The number of carbonyl (C=O) groups is 1. The molecule has 6 heteroatoms. The number of aromatic nitrogens is 1. The van der Waals surface area contributed by atoms with E-state index < -0.39 is 5.79 Å². The van der Waals surface area contributed by atoms with Crippen LogP contribution in [-0.4, -0.2) is 54.6 Å². The van der Waals surface area contributed by atoms with Gasteiger partial charge >= 0.3 is 0 Å². The van der Waals surface area contributed by atoms with E-state index in [1.165, 1.54) is 0 Å². The Bertz CT molecular complexity index is 767. The van der Waals surface area contributed by atoms with Gasteiger partial charge in [0.05, 0.1) is 25.8 Å². The lowest BCUT2D eigenvalue weighted by Crippen LogP contribution is -2.47. The number of benzene rings is 1. The Morgan fingerprint density at radius 2 is 1.92 bits per heavy atom. The quantitative estimate of drug-likeness (QED) is 0.847. The largest absolute Gasteiger partial charge is 0.495 e. The van der Waals surface area contributed by atoms with Gasteiger partial charge in [0.15, 0.2) is 5.79 Å². The van der Waals surface area contributed by atoms with Crippen LogP contribution in [0.5, 0.6) is 5.75 Å². The number of methoxy groups -OCH3 is 1. The number of nitrogens with zero attached hydrogens (tertiary/aromatic N) is 2. The predicted molar refractivity (Wildman–Crippen MR) is 89.2 cm³/mol.